The highest BCUT2D eigenvalue weighted by Gasteiger charge is 2.11. The smallest absolute Gasteiger partial charge is 0.307 e. The maximum atomic E-state index is 13.2. The fourth-order valence-electron chi connectivity index (χ4n) is 2.79. The molecular formula is C23H16BrFN2O3. The van der Waals surface area contributed by atoms with Crippen LogP contribution in [0.5, 0.6) is 5.75 Å². The maximum absolute atomic E-state index is 13.2. The van der Waals surface area contributed by atoms with Gasteiger partial charge in [-0.2, -0.15) is 5.10 Å². The van der Waals surface area contributed by atoms with Crippen LogP contribution in [0.2, 0.25) is 0 Å². The van der Waals surface area contributed by atoms with Gasteiger partial charge in [0.1, 0.15) is 23.8 Å². The molecule has 7 heteroatoms. The Balaban J connectivity index is 1.32. The minimum absolute atomic E-state index is 0.182. The first-order chi connectivity index (χ1) is 14.6. The Labute approximate surface area is 180 Å². The molecule has 0 fully saturated rings. The molecule has 0 aliphatic rings. The van der Waals surface area contributed by atoms with Gasteiger partial charge < -0.3 is 9.15 Å². The highest BCUT2D eigenvalue weighted by molar-refractivity contribution is 9.10. The van der Waals surface area contributed by atoms with Crippen molar-refractivity contribution < 1.29 is 18.3 Å². The van der Waals surface area contributed by atoms with E-state index in [1.807, 2.05) is 12.1 Å². The van der Waals surface area contributed by atoms with Gasteiger partial charge in [-0.25, -0.2) is 9.82 Å². The number of halogens is 2. The van der Waals surface area contributed by atoms with Gasteiger partial charge in [-0.05, 0) is 71.8 Å². The number of furan rings is 1. The van der Waals surface area contributed by atoms with E-state index in [2.05, 4.69) is 26.5 Å². The Morgan fingerprint density at radius 1 is 1.10 bits per heavy atom. The lowest BCUT2D eigenvalue weighted by atomic mass is 10.2. The van der Waals surface area contributed by atoms with E-state index in [1.165, 1.54) is 18.3 Å². The Bertz CT molecular complexity index is 1220. The highest BCUT2D eigenvalue weighted by atomic mass is 79.9. The number of hydrogen-bond donors (Lipinski definition) is 1. The van der Waals surface area contributed by atoms with Crippen LogP contribution in [0.15, 0.2) is 86.8 Å². The predicted octanol–water partition coefficient (Wildman–Crippen LogP) is 5.68. The van der Waals surface area contributed by atoms with Gasteiger partial charge in [0.05, 0.1) is 6.21 Å². The molecule has 1 amide bonds. The Hall–Kier alpha value is -3.45. The first-order valence-corrected chi connectivity index (χ1v) is 9.86. The summed E-state index contributed by atoms with van der Waals surface area (Å²) in [6.45, 7) is 0.273. The average molecular weight is 467 g/mol. The number of carbonyl (C=O) groups excluding carboxylic acids is 1. The normalized spacial score (nSPS) is 11.1. The van der Waals surface area contributed by atoms with E-state index >= 15 is 0 Å². The van der Waals surface area contributed by atoms with E-state index in [0.29, 0.717) is 11.3 Å². The number of rotatable bonds is 6. The molecule has 1 N–H and O–H groups in total. The summed E-state index contributed by atoms with van der Waals surface area (Å²) in [5, 5.41) is 4.79. The Kier molecular flexibility index (Phi) is 5.90. The van der Waals surface area contributed by atoms with Gasteiger partial charge in [-0.3, -0.25) is 4.79 Å². The molecule has 0 aliphatic heterocycles. The van der Waals surface area contributed by atoms with Crippen LogP contribution < -0.4 is 10.2 Å². The summed E-state index contributed by atoms with van der Waals surface area (Å²) < 4.78 is 25.3. The molecule has 0 spiro atoms. The molecule has 1 heterocycles. The molecule has 0 unspecified atom stereocenters. The van der Waals surface area contributed by atoms with Crippen molar-refractivity contribution in [3.63, 3.8) is 0 Å². The zero-order chi connectivity index (χ0) is 20.9. The first kappa shape index (κ1) is 19.8. The second-order valence-corrected chi connectivity index (χ2v) is 7.40. The van der Waals surface area contributed by atoms with Crippen molar-refractivity contribution >= 4 is 39.0 Å². The summed E-state index contributed by atoms with van der Waals surface area (Å²) in [5.41, 5.74) is 4.60. The Morgan fingerprint density at radius 3 is 2.73 bits per heavy atom. The number of carbonyl (C=O) groups is 1. The van der Waals surface area contributed by atoms with Crippen molar-refractivity contribution in [1.29, 1.82) is 0 Å². The summed E-state index contributed by atoms with van der Waals surface area (Å²) in [6.07, 6.45) is 1.52. The lowest BCUT2D eigenvalue weighted by molar-refractivity contribution is 0.0929. The first-order valence-electron chi connectivity index (χ1n) is 9.07. The Morgan fingerprint density at radius 2 is 1.93 bits per heavy atom. The summed E-state index contributed by atoms with van der Waals surface area (Å²) in [6, 6.07) is 20.6. The second kappa shape index (κ2) is 8.92. The van der Waals surface area contributed by atoms with E-state index in [4.69, 9.17) is 9.15 Å². The van der Waals surface area contributed by atoms with Gasteiger partial charge in [-0.15, -0.1) is 0 Å². The van der Waals surface area contributed by atoms with Crippen LogP contribution in [0, 0.1) is 5.82 Å². The van der Waals surface area contributed by atoms with Crippen LogP contribution in [0.4, 0.5) is 4.39 Å². The molecule has 1 aromatic heterocycles. The lowest BCUT2D eigenvalue weighted by Gasteiger charge is -2.06. The predicted molar refractivity (Wildman–Crippen MR) is 116 cm³/mol. The molecule has 5 nitrogen and oxygen atoms in total. The molecule has 0 atom stereocenters. The zero-order valence-corrected chi connectivity index (χ0v) is 17.2. The van der Waals surface area contributed by atoms with Crippen molar-refractivity contribution in [3.8, 4) is 5.75 Å². The van der Waals surface area contributed by atoms with Gasteiger partial charge in [-0.1, -0.05) is 28.1 Å². The van der Waals surface area contributed by atoms with E-state index in [1.54, 1.807) is 48.5 Å². The summed E-state index contributed by atoms with van der Waals surface area (Å²) >= 11 is 3.39. The minimum Gasteiger partial charge on any atom is -0.489 e. The third-order valence-corrected chi connectivity index (χ3v) is 4.75. The fraction of sp³-hybridized carbons (Fsp3) is 0.0435. The number of nitrogens with zero attached hydrogens (tertiary/aromatic N) is 1. The maximum Gasteiger partial charge on any atom is 0.307 e. The van der Waals surface area contributed by atoms with Crippen LogP contribution in [0.1, 0.15) is 21.7 Å². The van der Waals surface area contributed by atoms with Crippen molar-refractivity contribution in [2.24, 2.45) is 5.10 Å². The molecule has 4 aromatic rings. The third-order valence-electron chi connectivity index (χ3n) is 4.26. The van der Waals surface area contributed by atoms with Crippen LogP contribution in [0.25, 0.3) is 11.0 Å². The van der Waals surface area contributed by atoms with Crippen molar-refractivity contribution in [2.75, 3.05) is 0 Å². The summed E-state index contributed by atoms with van der Waals surface area (Å²) in [5.74, 6) is 0.101. The summed E-state index contributed by atoms with van der Waals surface area (Å²) in [7, 11) is 0. The quantitative estimate of drug-likeness (QED) is 0.293. The topological polar surface area (TPSA) is 63.8 Å². The number of hydrogen-bond acceptors (Lipinski definition) is 4. The molecule has 0 aliphatic carbocycles. The average Bonchev–Trinajstić information content (AvgIpc) is 3.16. The van der Waals surface area contributed by atoms with Gasteiger partial charge in [0, 0.05) is 9.86 Å². The van der Waals surface area contributed by atoms with Crippen LogP contribution in [-0.2, 0) is 6.61 Å². The van der Waals surface area contributed by atoms with E-state index in [0.717, 1.165) is 21.0 Å². The number of fused-ring (bicyclic) bond motifs is 1. The molecule has 150 valence electrons. The van der Waals surface area contributed by atoms with Crippen LogP contribution in [0.3, 0.4) is 0 Å². The number of nitrogens with one attached hydrogen (secondary N) is 1. The SMILES string of the molecule is O=C(N/N=C/c1ccc(OCc2cccc(F)c2)cc1)c1cc2cc(Br)ccc2o1. The van der Waals surface area contributed by atoms with E-state index in [9.17, 15) is 9.18 Å². The monoisotopic (exact) mass is 466 g/mol. The molecule has 0 bridgehead atoms. The lowest BCUT2D eigenvalue weighted by Crippen LogP contribution is -2.16. The fourth-order valence-corrected chi connectivity index (χ4v) is 3.17. The van der Waals surface area contributed by atoms with Crippen molar-refractivity contribution in [1.82, 2.24) is 5.43 Å². The molecular weight excluding hydrogens is 451 g/mol. The molecule has 3 aromatic carbocycles. The largest absolute Gasteiger partial charge is 0.489 e. The molecule has 4 rings (SSSR count). The molecule has 0 saturated carbocycles. The second-order valence-electron chi connectivity index (χ2n) is 6.48. The zero-order valence-electron chi connectivity index (χ0n) is 15.6. The third kappa shape index (κ3) is 4.93. The van der Waals surface area contributed by atoms with Crippen molar-refractivity contribution in [3.05, 3.63) is 100.0 Å². The standard InChI is InChI=1S/C23H16BrFN2O3/c24-18-6-9-21-17(11-18)12-22(30-21)23(28)27-26-13-15-4-7-20(8-5-15)29-14-16-2-1-3-19(25)10-16/h1-13H,14H2,(H,27,28)/b26-13+. The molecule has 0 radical (unpaired) electrons. The van der Waals surface area contributed by atoms with Crippen LogP contribution >= 0.6 is 15.9 Å². The van der Waals surface area contributed by atoms with Crippen molar-refractivity contribution in [2.45, 2.75) is 6.61 Å². The number of hydrazone groups is 1. The molecule has 30 heavy (non-hydrogen) atoms. The highest BCUT2D eigenvalue weighted by Crippen LogP contribution is 2.23. The number of amides is 1. The number of ether oxygens (including phenoxy) is 1. The summed E-state index contributed by atoms with van der Waals surface area (Å²) in [4.78, 5) is 12.2. The minimum atomic E-state index is -0.436. The van der Waals surface area contributed by atoms with Gasteiger partial charge >= 0.3 is 5.91 Å². The van der Waals surface area contributed by atoms with E-state index < -0.39 is 5.91 Å². The van der Waals surface area contributed by atoms with Gasteiger partial charge in [0.2, 0.25) is 0 Å². The van der Waals surface area contributed by atoms with Gasteiger partial charge in [0.15, 0.2) is 5.76 Å². The van der Waals surface area contributed by atoms with Gasteiger partial charge in [0.25, 0.3) is 0 Å². The number of benzene rings is 3. The molecule has 0 saturated heterocycles. The van der Waals surface area contributed by atoms with E-state index in [-0.39, 0.29) is 18.2 Å². The van der Waals surface area contributed by atoms with Crippen LogP contribution in [-0.4, -0.2) is 12.1 Å².